The molecule has 4 rings (SSSR count). The van der Waals surface area contributed by atoms with Crippen molar-refractivity contribution in [1.29, 1.82) is 0 Å². The minimum Gasteiger partial charge on any atom is -0.291 e. The zero-order chi connectivity index (χ0) is 19.0. The molecule has 0 fully saturated rings. The van der Waals surface area contributed by atoms with Crippen molar-refractivity contribution >= 4 is 23.4 Å². The van der Waals surface area contributed by atoms with Crippen molar-refractivity contribution < 1.29 is 18.0 Å². The molecule has 0 radical (unpaired) electrons. The van der Waals surface area contributed by atoms with Gasteiger partial charge in [0.15, 0.2) is 0 Å². The van der Waals surface area contributed by atoms with E-state index in [0.29, 0.717) is 5.56 Å². The summed E-state index contributed by atoms with van der Waals surface area (Å²) in [5, 5.41) is -0.447. The van der Waals surface area contributed by atoms with Crippen molar-refractivity contribution in [3.8, 4) is 0 Å². The van der Waals surface area contributed by atoms with E-state index in [2.05, 4.69) is 0 Å². The second-order valence-corrected chi connectivity index (χ2v) is 7.22. The average Bonchev–Trinajstić information content (AvgIpc) is 2.68. The van der Waals surface area contributed by atoms with Gasteiger partial charge in [-0.25, -0.2) is 0 Å². The first-order valence-corrected chi connectivity index (χ1v) is 9.14. The van der Waals surface area contributed by atoms with E-state index in [4.69, 9.17) is 0 Å². The largest absolute Gasteiger partial charge is 0.416 e. The molecule has 27 heavy (non-hydrogen) atoms. The molecule has 6 heteroatoms. The molecular formula is C21H14F3NOS. The Morgan fingerprint density at radius 3 is 2.30 bits per heavy atom. The van der Waals surface area contributed by atoms with Gasteiger partial charge in [0.05, 0.1) is 11.1 Å². The lowest BCUT2D eigenvalue weighted by molar-refractivity contribution is -0.137. The minimum atomic E-state index is -4.47. The topological polar surface area (TPSA) is 20.3 Å². The van der Waals surface area contributed by atoms with Gasteiger partial charge in [-0.3, -0.25) is 9.69 Å². The molecule has 1 unspecified atom stereocenters. The molecule has 0 bridgehead atoms. The number of carbonyl (C=O) groups is 1. The predicted octanol–water partition coefficient (Wildman–Crippen LogP) is 6.16. The highest BCUT2D eigenvalue weighted by Gasteiger charge is 2.37. The summed E-state index contributed by atoms with van der Waals surface area (Å²) in [7, 11) is 0. The maximum absolute atomic E-state index is 13.2. The number of thioether (sulfide) groups is 1. The van der Waals surface area contributed by atoms with Crippen LogP contribution in [0.2, 0.25) is 0 Å². The van der Waals surface area contributed by atoms with Gasteiger partial charge in [-0.05, 0) is 35.9 Å². The summed E-state index contributed by atoms with van der Waals surface area (Å²) in [6.07, 6.45) is -4.47. The van der Waals surface area contributed by atoms with E-state index in [-0.39, 0.29) is 11.6 Å². The van der Waals surface area contributed by atoms with Crippen LogP contribution < -0.4 is 4.90 Å². The van der Waals surface area contributed by atoms with Crippen molar-refractivity contribution in [2.45, 2.75) is 16.4 Å². The molecule has 1 amide bonds. The number of fused-ring (bicyclic) bond motifs is 1. The van der Waals surface area contributed by atoms with Crippen LogP contribution in [0.3, 0.4) is 0 Å². The third-order valence-corrected chi connectivity index (χ3v) is 5.66. The zero-order valence-electron chi connectivity index (χ0n) is 14.0. The summed E-state index contributed by atoms with van der Waals surface area (Å²) in [5.41, 5.74) is 0.795. The molecule has 3 aromatic carbocycles. The number of amides is 1. The Labute approximate surface area is 158 Å². The van der Waals surface area contributed by atoms with Gasteiger partial charge in [0, 0.05) is 10.6 Å². The van der Waals surface area contributed by atoms with Crippen LogP contribution in [0.5, 0.6) is 0 Å². The van der Waals surface area contributed by atoms with E-state index in [0.717, 1.165) is 22.6 Å². The summed E-state index contributed by atoms with van der Waals surface area (Å²) >= 11 is 1.45. The normalized spacial score (nSPS) is 16.9. The summed E-state index contributed by atoms with van der Waals surface area (Å²) in [5.74, 6) is -0.308. The Morgan fingerprint density at radius 1 is 0.852 bits per heavy atom. The van der Waals surface area contributed by atoms with Crippen LogP contribution >= 0.6 is 11.8 Å². The van der Waals surface area contributed by atoms with Gasteiger partial charge in [0.1, 0.15) is 5.37 Å². The highest BCUT2D eigenvalue weighted by molar-refractivity contribution is 7.99. The van der Waals surface area contributed by atoms with Crippen LogP contribution in [-0.2, 0) is 6.18 Å². The molecule has 1 aliphatic heterocycles. The summed E-state index contributed by atoms with van der Waals surface area (Å²) in [4.78, 5) is 15.5. The van der Waals surface area contributed by atoms with Crippen molar-refractivity contribution in [2.24, 2.45) is 0 Å². The Balaban J connectivity index is 1.86. The van der Waals surface area contributed by atoms with Crippen LogP contribution in [0.25, 0.3) is 0 Å². The smallest absolute Gasteiger partial charge is 0.291 e. The Hall–Kier alpha value is -2.73. The summed E-state index contributed by atoms with van der Waals surface area (Å²) < 4.78 is 39.5. The first-order valence-electron chi connectivity index (χ1n) is 8.26. The molecular weight excluding hydrogens is 371 g/mol. The van der Waals surface area contributed by atoms with Gasteiger partial charge in [-0.15, -0.1) is 0 Å². The van der Waals surface area contributed by atoms with Gasteiger partial charge < -0.3 is 0 Å². The Bertz CT molecular complexity index is 988. The number of rotatable bonds is 2. The Kier molecular flexibility index (Phi) is 4.44. The molecule has 1 heterocycles. The minimum absolute atomic E-state index is 0.227. The maximum atomic E-state index is 13.2. The molecule has 0 spiro atoms. The quantitative estimate of drug-likeness (QED) is 0.527. The van der Waals surface area contributed by atoms with E-state index in [1.807, 2.05) is 42.5 Å². The molecule has 0 saturated carbocycles. The number of alkyl halides is 3. The van der Waals surface area contributed by atoms with Gasteiger partial charge in [0.25, 0.3) is 5.91 Å². The predicted molar refractivity (Wildman–Crippen MR) is 99.7 cm³/mol. The van der Waals surface area contributed by atoms with Crippen LogP contribution in [0, 0.1) is 0 Å². The Morgan fingerprint density at radius 2 is 1.56 bits per heavy atom. The van der Waals surface area contributed by atoms with Gasteiger partial charge in [-0.1, -0.05) is 60.3 Å². The van der Waals surface area contributed by atoms with Gasteiger partial charge >= 0.3 is 6.18 Å². The molecule has 0 aromatic heterocycles. The van der Waals surface area contributed by atoms with Gasteiger partial charge in [-0.2, -0.15) is 13.2 Å². The van der Waals surface area contributed by atoms with Crippen LogP contribution in [0.15, 0.2) is 83.8 Å². The summed E-state index contributed by atoms with van der Waals surface area (Å²) in [6, 6.07) is 21.4. The van der Waals surface area contributed by atoms with Crippen molar-refractivity contribution in [1.82, 2.24) is 0 Å². The maximum Gasteiger partial charge on any atom is 0.416 e. The number of nitrogens with zero attached hydrogens (tertiary/aromatic N) is 1. The second-order valence-electron chi connectivity index (χ2n) is 6.10. The number of benzene rings is 3. The fourth-order valence-electron chi connectivity index (χ4n) is 3.07. The van der Waals surface area contributed by atoms with Crippen LogP contribution in [-0.4, -0.2) is 5.91 Å². The lowest BCUT2D eigenvalue weighted by atomic mass is 10.1. The number of anilines is 1. The van der Waals surface area contributed by atoms with Crippen LogP contribution in [0.4, 0.5) is 18.9 Å². The number of hydrogen-bond acceptors (Lipinski definition) is 2. The van der Waals surface area contributed by atoms with Gasteiger partial charge in [0.2, 0.25) is 0 Å². The third-order valence-electron chi connectivity index (χ3n) is 4.35. The van der Waals surface area contributed by atoms with Crippen LogP contribution in [0.1, 0.15) is 26.9 Å². The third kappa shape index (κ3) is 3.32. The molecule has 2 nitrogen and oxygen atoms in total. The van der Waals surface area contributed by atoms with Crippen molar-refractivity contribution in [2.75, 3.05) is 4.90 Å². The lowest BCUT2D eigenvalue weighted by Crippen LogP contribution is -2.37. The van der Waals surface area contributed by atoms with Crippen molar-refractivity contribution in [3.63, 3.8) is 0 Å². The van der Waals surface area contributed by atoms with E-state index in [9.17, 15) is 18.0 Å². The summed E-state index contributed by atoms with van der Waals surface area (Å²) in [6.45, 7) is 0. The fourth-order valence-corrected chi connectivity index (χ4v) is 4.37. The molecule has 0 N–H and O–H groups in total. The second kappa shape index (κ2) is 6.78. The lowest BCUT2D eigenvalue weighted by Gasteiger charge is -2.36. The number of hydrogen-bond donors (Lipinski definition) is 0. The molecule has 1 atom stereocenters. The molecule has 1 aliphatic rings. The molecule has 0 aliphatic carbocycles. The fraction of sp³-hybridized carbons (Fsp3) is 0.0952. The van der Waals surface area contributed by atoms with Crippen molar-refractivity contribution in [3.05, 3.63) is 95.6 Å². The average molecular weight is 385 g/mol. The first kappa shape index (κ1) is 17.7. The zero-order valence-corrected chi connectivity index (χ0v) is 14.8. The van der Waals surface area contributed by atoms with E-state index < -0.39 is 17.1 Å². The SMILES string of the molecule is O=C1c2ccccc2SC(c2ccccc2)N1c1cccc(C(F)(F)F)c1. The number of halogens is 3. The van der Waals surface area contributed by atoms with E-state index >= 15 is 0 Å². The molecule has 3 aromatic rings. The van der Waals surface area contributed by atoms with E-state index in [1.165, 1.54) is 28.8 Å². The highest BCUT2D eigenvalue weighted by Crippen LogP contribution is 2.47. The first-order chi connectivity index (χ1) is 12.9. The number of carbonyl (C=O) groups excluding carboxylic acids is 1. The standard InChI is InChI=1S/C21H14F3NOS/c22-21(23,24)15-9-6-10-16(13-15)25-19(26)17-11-4-5-12-18(17)27-20(25)14-7-2-1-3-8-14/h1-13,20H. The molecule has 136 valence electrons. The molecule has 0 saturated heterocycles. The van der Waals surface area contributed by atoms with E-state index in [1.54, 1.807) is 12.1 Å². The monoisotopic (exact) mass is 385 g/mol. The highest BCUT2D eigenvalue weighted by atomic mass is 32.2.